The van der Waals surface area contributed by atoms with Gasteiger partial charge in [0.1, 0.15) is 0 Å². The van der Waals surface area contributed by atoms with Crippen LogP contribution in [0.2, 0.25) is 0 Å². The van der Waals surface area contributed by atoms with E-state index in [1.807, 2.05) is 0 Å². The Balaban J connectivity index is 4.28. The second-order valence-corrected chi connectivity index (χ2v) is 6.88. The number of ether oxygens (including phenoxy) is 1. The zero-order valence-corrected chi connectivity index (χ0v) is 14.8. The van der Waals surface area contributed by atoms with E-state index in [0.29, 0.717) is 24.0 Å². The number of hydrogen-bond donors (Lipinski definition) is 0. The average Bonchev–Trinajstić information content (AvgIpc) is 2.51. The highest BCUT2D eigenvalue weighted by Crippen LogP contribution is 2.12. The molecule has 22 heavy (non-hydrogen) atoms. The number of allylic oxidation sites excluding steroid dienone is 1. The Labute approximate surface area is 132 Å². The fraction of sp³-hybridized carbons (Fsp3) is 0.571. The van der Waals surface area contributed by atoms with Crippen LogP contribution >= 0.6 is 0 Å². The van der Waals surface area contributed by atoms with E-state index >= 15 is 0 Å². The van der Waals surface area contributed by atoms with Gasteiger partial charge in [-0.3, -0.25) is 0 Å². The van der Waals surface area contributed by atoms with Crippen molar-refractivity contribution in [2.24, 2.45) is 0 Å². The van der Waals surface area contributed by atoms with Gasteiger partial charge in [-0.25, -0.2) is 9.59 Å². The molecule has 0 aromatic carbocycles. The molecule has 0 aliphatic rings. The normalized spacial score (nSPS) is 12.0. The first-order valence-electron chi connectivity index (χ1n) is 6.70. The Hall–Kier alpha value is -1.48. The Bertz CT molecular complexity index is 419. The van der Waals surface area contributed by atoms with Gasteiger partial charge in [0.15, 0.2) is 0 Å². The van der Waals surface area contributed by atoms with Crippen LogP contribution in [-0.2, 0) is 32.0 Å². The van der Waals surface area contributed by atoms with Gasteiger partial charge in [0.05, 0.1) is 6.61 Å². The molecule has 0 radical (unpaired) electrons. The maximum absolute atomic E-state index is 11.9. The highest BCUT2D eigenvalue weighted by atomic mass is 28.4. The zero-order chi connectivity index (χ0) is 17.2. The first-order chi connectivity index (χ1) is 10.3. The molecule has 0 aromatic rings. The van der Waals surface area contributed by atoms with Crippen LogP contribution in [0.4, 0.5) is 0 Å². The van der Waals surface area contributed by atoms with Gasteiger partial charge in [-0.05, 0) is 26.7 Å². The molecule has 0 unspecified atom stereocenters. The minimum Gasteiger partial charge on any atom is -0.462 e. The van der Waals surface area contributed by atoms with E-state index in [4.69, 9.17) is 22.4 Å². The minimum absolute atomic E-state index is 0.261. The molecule has 126 valence electrons. The van der Waals surface area contributed by atoms with Crippen LogP contribution in [0, 0.1) is 0 Å². The number of unbranched alkanes of at least 4 members (excludes halogenated alkanes) is 1. The van der Waals surface area contributed by atoms with Crippen molar-refractivity contribution in [2.45, 2.75) is 26.7 Å². The number of rotatable bonds is 10. The molecular formula is C14H24O7Si. The smallest absolute Gasteiger partial charge is 0.462 e. The quantitative estimate of drug-likeness (QED) is 0.261. The van der Waals surface area contributed by atoms with Crippen LogP contribution < -0.4 is 0 Å². The van der Waals surface area contributed by atoms with Gasteiger partial charge >= 0.3 is 21.0 Å². The summed E-state index contributed by atoms with van der Waals surface area (Å²) in [7, 11) is 0.651. The largest absolute Gasteiger partial charge is 0.751 e. The summed E-state index contributed by atoms with van der Waals surface area (Å²) in [6, 6.07) is 0. The Morgan fingerprint density at radius 3 is 2.05 bits per heavy atom. The summed E-state index contributed by atoms with van der Waals surface area (Å²) in [5.74, 6) is -0.993. The molecule has 8 heteroatoms. The molecular weight excluding hydrogens is 308 g/mol. The van der Waals surface area contributed by atoms with Gasteiger partial charge < -0.3 is 22.4 Å². The van der Waals surface area contributed by atoms with Crippen molar-refractivity contribution < 1.29 is 32.0 Å². The van der Waals surface area contributed by atoms with Crippen molar-refractivity contribution >= 4 is 21.0 Å². The summed E-state index contributed by atoms with van der Waals surface area (Å²) >= 11 is 0. The number of carbonyl (C=O) groups is 2. The maximum Gasteiger partial charge on any atom is 0.751 e. The molecule has 0 amide bonds. The van der Waals surface area contributed by atoms with E-state index < -0.39 is 21.0 Å². The van der Waals surface area contributed by atoms with Crippen LogP contribution in [0.3, 0.4) is 0 Å². The van der Waals surface area contributed by atoms with Crippen LogP contribution in [-0.4, -0.2) is 48.9 Å². The number of hydrogen-bond acceptors (Lipinski definition) is 7. The first kappa shape index (κ1) is 20.5. The van der Waals surface area contributed by atoms with E-state index in [2.05, 4.69) is 6.58 Å². The lowest BCUT2D eigenvalue weighted by Crippen LogP contribution is -2.48. The maximum atomic E-state index is 11.9. The van der Waals surface area contributed by atoms with Crippen molar-refractivity contribution in [2.75, 3.05) is 27.9 Å². The molecule has 0 N–H and O–H groups in total. The van der Waals surface area contributed by atoms with Crippen LogP contribution in [0.25, 0.3) is 0 Å². The summed E-state index contributed by atoms with van der Waals surface area (Å²) in [6.45, 7) is 6.94. The van der Waals surface area contributed by atoms with Crippen molar-refractivity contribution in [1.29, 1.82) is 0 Å². The summed E-state index contributed by atoms with van der Waals surface area (Å²) in [5, 5.41) is 0. The van der Waals surface area contributed by atoms with E-state index in [1.165, 1.54) is 21.3 Å². The summed E-state index contributed by atoms with van der Waals surface area (Å²) in [5.41, 5.74) is 0.754. The fourth-order valence-electron chi connectivity index (χ4n) is 1.34. The van der Waals surface area contributed by atoms with E-state index in [0.717, 1.165) is 0 Å². The first-order valence-corrected chi connectivity index (χ1v) is 8.33. The van der Waals surface area contributed by atoms with Gasteiger partial charge in [-0.2, -0.15) is 0 Å². The lowest BCUT2D eigenvalue weighted by atomic mass is 10.2. The molecule has 0 saturated heterocycles. The molecule has 0 heterocycles. The lowest BCUT2D eigenvalue weighted by molar-refractivity contribution is -0.139. The van der Waals surface area contributed by atoms with Gasteiger partial charge in [0.2, 0.25) is 0 Å². The monoisotopic (exact) mass is 332 g/mol. The van der Waals surface area contributed by atoms with E-state index in [9.17, 15) is 9.59 Å². The second-order valence-electron chi connectivity index (χ2n) is 4.45. The number of carbonyl (C=O) groups excluding carboxylic acids is 2. The van der Waals surface area contributed by atoms with Crippen LogP contribution in [0.15, 0.2) is 23.8 Å². The average molecular weight is 332 g/mol. The van der Waals surface area contributed by atoms with E-state index in [1.54, 1.807) is 19.9 Å². The number of esters is 1. The van der Waals surface area contributed by atoms with Crippen LogP contribution in [0.1, 0.15) is 26.7 Å². The Morgan fingerprint density at radius 1 is 1.05 bits per heavy atom. The Morgan fingerprint density at radius 2 is 1.59 bits per heavy atom. The highest BCUT2D eigenvalue weighted by molar-refractivity contribution is 6.55. The highest BCUT2D eigenvalue weighted by Gasteiger charge is 2.47. The predicted molar refractivity (Wildman–Crippen MR) is 81.6 cm³/mol. The molecule has 0 aliphatic carbocycles. The third-order valence-electron chi connectivity index (χ3n) is 2.67. The zero-order valence-electron chi connectivity index (χ0n) is 13.8. The predicted octanol–water partition coefficient (Wildman–Crippen LogP) is 1.75. The van der Waals surface area contributed by atoms with Crippen molar-refractivity contribution in [3.8, 4) is 0 Å². The molecule has 7 nitrogen and oxygen atoms in total. The van der Waals surface area contributed by atoms with Crippen molar-refractivity contribution in [3.63, 3.8) is 0 Å². The third-order valence-corrected chi connectivity index (χ3v) is 4.61. The fourth-order valence-corrected chi connectivity index (χ4v) is 2.48. The second kappa shape index (κ2) is 10.3. The molecule has 0 atom stereocenters. The standard InChI is InChI=1S/C14H24O7Si/c1-11(2)13(15)20-10-8-7-9-12(3)14(16)21-22(17-4,18-5)19-6/h9H,1,7-8,10H2,2-6H3. The van der Waals surface area contributed by atoms with Gasteiger partial charge in [-0.1, -0.05) is 12.7 Å². The molecule has 0 fully saturated rings. The van der Waals surface area contributed by atoms with Crippen molar-refractivity contribution in [1.82, 2.24) is 0 Å². The minimum atomic E-state index is -3.39. The summed E-state index contributed by atoms with van der Waals surface area (Å²) in [4.78, 5) is 23.1. The lowest BCUT2D eigenvalue weighted by Gasteiger charge is -2.22. The van der Waals surface area contributed by atoms with Crippen LogP contribution in [0.5, 0.6) is 0 Å². The van der Waals surface area contributed by atoms with E-state index in [-0.39, 0.29) is 6.61 Å². The van der Waals surface area contributed by atoms with Gasteiger partial charge in [0, 0.05) is 32.5 Å². The third kappa shape index (κ3) is 6.99. The summed E-state index contributed by atoms with van der Waals surface area (Å²) in [6.07, 6.45) is 2.84. The molecule has 0 saturated carbocycles. The topological polar surface area (TPSA) is 80.3 Å². The summed E-state index contributed by atoms with van der Waals surface area (Å²) < 4.78 is 25.1. The van der Waals surface area contributed by atoms with Crippen molar-refractivity contribution in [3.05, 3.63) is 23.8 Å². The SMILES string of the molecule is C=C(C)C(=O)OCCCC=C(C)C(=O)O[Si](OC)(OC)OC. The molecule has 0 spiro atoms. The van der Waals surface area contributed by atoms with Gasteiger partial charge in [-0.15, -0.1) is 0 Å². The molecule has 0 aromatic heterocycles. The Kier molecular flexibility index (Phi) is 9.58. The van der Waals surface area contributed by atoms with Gasteiger partial charge in [0.25, 0.3) is 0 Å². The molecule has 0 rings (SSSR count). The molecule has 0 aliphatic heterocycles. The molecule has 0 bridgehead atoms.